The van der Waals surface area contributed by atoms with E-state index in [1.165, 1.54) is 25.7 Å². The number of hydrogen-bond acceptors (Lipinski definition) is 2. The zero-order chi connectivity index (χ0) is 14.6. The van der Waals surface area contributed by atoms with Crippen LogP contribution < -0.4 is 11.1 Å². The fraction of sp³-hybridized carbons (Fsp3) is 0.941. The van der Waals surface area contributed by atoms with Crippen LogP contribution in [-0.4, -0.2) is 18.5 Å². The van der Waals surface area contributed by atoms with E-state index in [0.717, 1.165) is 38.0 Å². The molecule has 2 aliphatic carbocycles. The van der Waals surface area contributed by atoms with Crippen LogP contribution in [0, 0.1) is 17.3 Å². The Labute approximate surface area is 124 Å². The first kappa shape index (κ1) is 15.8. The molecule has 116 valence electrons. The van der Waals surface area contributed by atoms with E-state index in [0.29, 0.717) is 18.5 Å². The molecule has 2 saturated carbocycles. The van der Waals surface area contributed by atoms with Crippen LogP contribution in [0.4, 0.5) is 0 Å². The molecule has 2 aliphatic rings. The van der Waals surface area contributed by atoms with Crippen molar-refractivity contribution in [3.05, 3.63) is 0 Å². The summed E-state index contributed by atoms with van der Waals surface area (Å²) in [6, 6.07) is 0.366. The van der Waals surface area contributed by atoms with Crippen LogP contribution >= 0.6 is 0 Å². The summed E-state index contributed by atoms with van der Waals surface area (Å²) in [6.45, 7) is 5.11. The van der Waals surface area contributed by atoms with Crippen LogP contribution in [0.3, 0.4) is 0 Å². The Morgan fingerprint density at radius 3 is 2.35 bits per heavy atom. The lowest BCUT2D eigenvalue weighted by molar-refractivity contribution is -0.132. The molecular formula is C17H32N2O. The second kappa shape index (κ2) is 6.93. The minimum absolute atomic E-state index is 0.244. The Hall–Kier alpha value is -0.570. The lowest BCUT2D eigenvalue weighted by Crippen LogP contribution is -2.51. The van der Waals surface area contributed by atoms with E-state index in [4.69, 9.17) is 5.73 Å². The Morgan fingerprint density at radius 2 is 1.80 bits per heavy atom. The molecule has 0 aliphatic heterocycles. The molecule has 20 heavy (non-hydrogen) atoms. The highest BCUT2D eigenvalue weighted by Crippen LogP contribution is 2.36. The van der Waals surface area contributed by atoms with Crippen LogP contribution in [0.5, 0.6) is 0 Å². The summed E-state index contributed by atoms with van der Waals surface area (Å²) in [7, 11) is 0. The number of carbonyl (C=O) groups is 1. The van der Waals surface area contributed by atoms with E-state index < -0.39 is 0 Å². The van der Waals surface area contributed by atoms with Crippen LogP contribution in [0.25, 0.3) is 0 Å². The molecule has 3 unspecified atom stereocenters. The molecule has 0 aromatic rings. The van der Waals surface area contributed by atoms with E-state index in [2.05, 4.69) is 19.2 Å². The smallest absolute Gasteiger partial charge is 0.227 e. The molecule has 2 rings (SSSR count). The number of nitrogens with one attached hydrogen (secondary N) is 1. The Morgan fingerprint density at radius 1 is 1.15 bits per heavy atom. The van der Waals surface area contributed by atoms with Gasteiger partial charge in [0.25, 0.3) is 0 Å². The predicted octanol–water partition coefficient (Wildman–Crippen LogP) is 3.23. The molecule has 3 atom stereocenters. The van der Waals surface area contributed by atoms with Gasteiger partial charge in [-0.05, 0) is 43.9 Å². The van der Waals surface area contributed by atoms with Gasteiger partial charge in [-0.3, -0.25) is 4.79 Å². The summed E-state index contributed by atoms with van der Waals surface area (Å²) < 4.78 is 0. The van der Waals surface area contributed by atoms with Gasteiger partial charge >= 0.3 is 0 Å². The van der Waals surface area contributed by atoms with Crippen molar-refractivity contribution in [3.63, 3.8) is 0 Å². The highest BCUT2D eigenvalue weighted by atomic mass is 16.2. The standard InChI is InChI=1S/C17H32N2O/c1-13-7-8-15(14(2)11-13)19-16(20)17(12-18)9-5-3-4-6-10-17/h13-15H,3-12,18H2,1-2H3,(H,19,20). The molecule has 0 radical (unpaired) electrons. The minimum atomic E-state index is -0.278. The molecular weight excluding hydrogens is 248 g/mol. The van der Waals surface area contributed by atoms with Crippen molar-refractivity contribution >= 4 is 5.91 Å². The minimum Gasteiger partial charge on any atom is -0.353 e. The first-order chi connectivity index (χ1) is 9.57. The Bertz CT molecular complexity index is 321. The van der Waals surface area contributed by atoms with Gasteiger partial charge < -0.3 is 11.1 Å². The summed E-state index contributed by atoms with van der Waals surface area (Å²) in [5.41, 5.74) is 5.73. The topological polar surface area (TPSA) is 55.1 Å². The fourth-order valence-electron chi connectivity index (χ4n) is 4.13. The molecule has 2 fully saturated rings. The van der Waals surface area contributed by atoms with E-state index in [1.54, 1.807) is 0 Å². The van der Waals surface area contributed by atoms with Crippen molar-refractivity contribution in [1.82, 2.24) is 5.32 Å². The van der Waals surface area contributed by atoms with Crippen molar-refractivity contribution in [1.29, 1.82) is 0 Å². The summed E-state index contributed by atoms with van der Waals surface area (Å²) in [4.78, 5) is 12.8. The summed E-state index contributed by atoms with van der Waals surface area (Å²) >= 11 is 0. The van der Waals surface area contributed by atoms with Gasteiger partial charge in [0.2, 0.25) is 5.91 Å². The second-order valence-corrected chi connectivity index (χ2v) is 7.37. The molecule has 3 heteroatoms. The Kier molecular flexibility index (Phi) is 5.48. The normalized spacial score (nSPS) is 34.2. The maximum absolute atomic E-state index is 12.8. The zero-order valence-electron chi connectivity index (χ0n) is 13.3. The molecule has 1 amide bonds. The van der Waals surface area contributed by atoms with Crippen molar-refractivity contribution in [2.75, 3.05) is 6.54 Å². The van der Waals surface area contributed by atoms with Crippen molar-refractivity contribution in [3.8, 4) is 0 Å². The van der Waals surface area contributed by atoms with E-state index in [1.807, 2.05) is 0 Å². The molecule has 0 aromatic carbocycles. The average Bonchev–Trinajstić information content (AvgIpc) is 2.68. The van der Waals surface area contributed by atoms with E-state index >= 15 is 0 Å². The number of carbonyl (C=O) groups excluding carboxylic acids is 1. The van der Waals surface area contributed by atoms with Gasteiger partial charge in [0.1, 0.15) is 0 Å². The monoisotopic (exact) mass is 280 g/mol. The second-order valence-electron chi connectivity index (χ2n) is 7.37. The molecule has 3 nitrogen and oxygen atoms in total. The molecule has 0 aromatic heterocycles. The molecule has 0 bridgehead atoms. The maximum Gasteiger partial charge on any atom is 0.227 e. The predicted molar refractivity (Wildman–Crippen MR) is 83.3 cm³/mol. The zero-order valence-corrected chi connectivity index (χ0v) is 13.3. The maximum atomic E-state index is 12.8. The van der Waals surface area contributed by atoms with Crippen LogP contribution in [-0.2, 0) is 4.79 Å². The van der Waals surface area contributed by atoms with Gasteiger partial charge in [0.05, 0.1) is 5.41 Å². The van der Waals surface area contributed by atoms with E-state index in [9.17, 15) is 4.79 Å². The highest BCUT2D eigenvalue weighted by Gasteiger charge is 2.39. The average molecular weight is 280 g/mol. The summed E-state index contributed by atoms with van der Waals surface area (Å²) in [5, 5.41) is 3.36. The summed E-state index contributed by atoms with van der Waals surface area (Å²) in [6.07, 6.45) is 10.4. The van der Waals surface area contributed by atoms with Gasteiger partial charge in [0, 0.05) is 12.6 Å². The highest BCUT2D eigenvalue weighted by molar-refractivity contribution is 5.83. The number of rotatable bonds is 3. The summed E-state index contributed by atoms with van der Waals surface area (Å²) in [5.74, 6) is 1.65. The lowest BCUT2D eigenvalue weighted by Gasteiger charge is -2.37. The van der Waals surface area contributed by atoms with Crippen LogP contribution in [0.2, 0.25) is 0 Å². The fourth-order valence-corrected chi connectivity index (χ4v) is 4.13. The third-order valence-electron chi connectivity index (χ3n) is 5.68. The SMILES string of the molecule is CC1CCC(NC(=O)C2(CN)CCCCCC2)C(C)C1. The largest absolute Gasteiger partial charge is 0.353 e. The van der Waals surface area contributed by atoms with Crippen molar-refractivity contribution in [2.24, 2.45) is 23.0 Å². The first-order valence-corrected chi connectivity index (χ1v) is 8.58. The third kappa shape index (κ3) is 3.55. The quantitative estimate of drug-likeness (QED) is 0.780. The van der Waals surface area contributed by atoms with Crippen molar-refractivity contribution < 1.29 is 4.79 Å². The molecule has 0 saturated heterocycles. The molecule has 0 spiro atoms. The first-order valence-electron chi connectivity index (χ1n) is 8.58. The van der Waals surface area contributed by atoms with Crippen LogP contribution in [0.15, 0.2) is 0 Å². The number of nitrogens with two attached hydrogens (primary N) is 1. The van der Waals surface area contributed by atoms with Gasteiger partial charge in [-0.15, -0.1) is 0 Å². The van der Waals surface area contributed by atoms with Gasteiger partial charge in [-0.1, -0.05) is 39.5 Å². The van der Waals surface area contributed by atoms with Gasteiger partial charge in [-0.25, -0.2) is 0 Å². The Balaban J connectivity index is 1.98. The van der Waals surface area contributed by atoms with E-state index in [-0.39, 0.29) is 11.3 Å². The number of amides is 1. The molecule has 0 heterocycles. The van der Waals surface area contributed by atoms with Gasteiger partial charge in [0.15, 0.2) is 0 Å². The van der Waals surface area contributed by atoms with Crippen LogP contribution in [0.1, 0.15) is 71.6 Å². The van der Waals surface area contributed by atoms with Gasteiger partial charge in [-0.2, -0.15) is 0 Å². The van der Waals surface area contributed by atoms with Crippen molar-refractivity contribution in [2.45, 2.75) is 77.7 Å². The lowest BCUT2D eigenvalue weighted by atomic mass is 9.76. The third-order valence-corrected chi connectivity index (χ3v) is 5.68. The molecule has 3 N–H and O–H groups in total. The number of hydrogen-bond donors (Lipinski definition) is 2.